The zero-order valence-corrected chi connectivity index (χ0v) is 15.8. The van der Waals surface area contributed by atoms with Crippen LogP contribution >= 0.6 is 23.4 Å². The van der Waals surface area contributed by atoms with Crippen LogP contribution in [0.5, 0.6) is 0 Å². The van der Waals surface area contributed by atoms with Crippen molar-refractivity contribution in [3.63, 3.8) is 0 Å². The molecule has 7 heteroatoms. The molecule has 2 aromatic rings. The van der Waals surface area contributed by atoms with Crippen LogP contribution in [0.3, 0.4) is 0 Å². The Hall–Kier alpha value is -1.66. The number of halogens is 1. The molecule has 1 aromatic carbocycles. The SMILES string of the molecule is Cc1c(C(=O)NN2C(=O)C(C)SC23CCCC3)[nH]c2ccc(Cl)cc12. The molecule has 1 unspecified atom stereocenters. The summed E-state index contributed by atoms with van der Waals surface area (Å²) in [7, 11) is 0. The molecule has 5 nitrogen and oxygen atoms in total. The van der Waals surface area contributed by atoms with Crippen LogP contribution in [0.1, 0.15) is 48.7 Å². The lowest BCUT2D eigenvalue weighted by Gasteiger charge is -2.33. The average Bonchev–Trinajstić information content (AvgIpc) is 3.23. The molecule has 2 heterocycles. The lowest BCUT2D eigenvalue weighted by Crippen LogP contribution is -2.53. The third kappa shape index (κ3) is 2.62. The third-order valence-corrected chi connectivity index (χ3v) is 7.04. The van der Waals surface area contributed by atoms with Gasteiger partial charge < -0.3 is 4.98 Å². The molecule has 2 aliphatic rings. The van der Waals surface area contributed by atoms with E-state index in [0.29, 0.717) is 10.7 Å². The van der Waals surface area contributed by atoms with Crippen LogP contribution in [-0.2, 0) is 4.79 Å². The molecule has 2 fully saturated rings. The maximum absolute atomic E-state index is 12.9. The number of aromatic nitrogens is 1. The van der Waals surface area contributed by atoms with E-state index in [9.17, 15) is 9.59 Å². The van der Waals surface area contributed by atoms with Crippen molar-refractivity contribution >= 4 is 46.1 Å². The van der Waals surface area contributed by atoms with E-state index in [1.54, 1.807) is 22.8 Å². The lowest BCUT2D eigenvalue weighted by atomic mass is 10.1. The fourth-order valence-electron chi connectivity index (χ4n) is 3.92. The van der Waals surface area contributed by atoms with Gasteiger partial charge in [0.1, 0.15) is 10.6 Å². The highest BCUT2D eigenvalue weighted by Crippen LogP contribution is 2.50. The number of carbonyl (C=O) groups excluding carboxylic acids is 2. The Labute approximate surface area is 155 Å². The molecule has 1 saturated heterocycles. The van der Waals surface area contributed by atoms with Gasteiger partial charge in [0, 0.05) is 15.9 Å². The van der Waals surface area contributed by atoms with Crippen molar-refractivity contribution in [2.45, 2.75) is 49.7 Å². The third-order valence-electron chi connectivity index (χ3n) is 5.22. The van der Waals surface area contributed by atoms with Gasteiger partial charge in [0.15, 0.2) is 0 Å². The maximum atomic E-state index is 12.9. The molecule has 132 valence electrons. The quantitative estimate of drug-likeness (QED) is 0.831. The fraction of sp³-hybridized carbons (Fsp3) is 0.444. The van der Waals surface area contributed by atoms with Crippen molar-refractivity contribution in [2.75, 3.05) is 0 Å². The molecule has 1 aliphatic heterocycles. The highest BCUT2D eigenvalue weighted by Gasteiger charge is 2.52. The van der Waals surface area contributed by atoms with Gasteiger partial charge in [-0.25, -0.2) is 5.01 Å². The summed E-state index contributed by atoms with van der Waals surface area (Å²) in [6.07, 6.45) is 4.03. The molecule has 2 N–H and O–H groups in total. The van der Waals surface area contributed by atoms with Gasteiger partial charge in [0.25, 0.3) is 11.8 Å². The minimum Gasteiger partial charge on any atom is -0.350 e. The molecule has 1 spiro atoms. The van der Waals surface area contributed by atoms with Crippen LogP contribution in [0, 0.1) is 6.92 Å². The number of amides is 2. The number of hydrogen-bond acceptors (Lipinski definition) is 3. The Balaban J connectivity index is 1.65. The lowest BCUT2D eigenvalue weighted by molar-refractivity contribution is -0.134. The number of aryl methyl sites for hydroxylation is 1. The normalized spacial score (nSPS) is 22.3. The molecule has 2 amide bonds. The number of H-pyrrole nitrogens is 1. The predicted molar refractivity (Wildman–Crippen MR) is 101 cm³/mol. The number of carbonyl (C=O) groups is 2. The molecule has 4 rings (SSSR count). The minimum absolute atomic E-state index is 0.0166. The molecule has 0 radical (unpaired) electrons. The molecular formula is C18H20ClN3O2S. The van der Waals surface area contributed by atoms with Gasteiger partial charge >= 0.3 is 0 Å². The van der Waals surface area contributed by atoms with Crippen molar-refractivity contribution in [1.29, 1.82) is 0 Å². The Morgan fingerprint density at radius 3 is 2.84 bits per heavy atom. The van der Waals surface area contributed by atoms with Crippen molar-refractivity contribution < 1.29 is 9.59 Å². The van der Waals surface area contributed by atoms with E-state index < -0.39 is 0 Å². The first-order chi connectivity index (χ1) is 11.9. The molecule has 1 aromatic heterocycles. The average molecular weight is 378 g/mol. The van der Waals surface area contributed by atoms with E-state index in [1.165, 1.54) is 0 Å². The number of aromatic amines is 1. The fourth-order valence-corrected chi connectivity index (χ4v) is 5.73. The van der Waals surface area contributed by atoms with Gasteiger partial charge in [0.2, 0.25) is 0 Å². The van der Waals surface area contributed by atoms with Crippen molar-refractivity contribution in [3.05, 3.63) is 34.5 Å². The maximum Gasteiger partial charge on any atom is 0.286 e. The highest BCUT2D eigenvalue weighted by molar-refractivity contribution is 8.02. The van der Waals surface area contributed by atoms with Crippen LogP contribution in [0.2, 0.25) is 5.02 Å². The summed E-state index contributed by atoms with van der Waals surface area (Å²) in [4.78, 5) is 28.4. The smallest absolute Gasteiger partial charge is 0.286 e. The number of hydrazine groups is 1. The predicted octanol–water partition coefficient (Wildman–Crippen LogP) is 4.01. The summed E-state index contributed by atoms with van der Waals surface area (Å²) in [5.74, 6) is -0.295. The number of nitrogens with one attached hydrogen (secondary N) is 2. The van der Waals surface area contributed by atoms with Crippen LogP contribution in [0.15, 0.2) is 18.2 Å². The Morgan fingerprint density at radius 1 is 1.40 bits per heavy atom. The van der Waals surface area contributed by atoms with Gasteiger partial charge in [-0.15, -0.1) is 11.8 Å². The number of benzene rings is 1. The Bertz CT molecular complexity index is 873. The number of nitrogens with zero attached hydrogens (tertiary/aromatic N) is 1. The summed E-state index contributed by atoms with van der Waals surface area (Å²) in [6.45, 7) is 3.80. The summed E-state index contributed by atoms with van der Waals surface area (Å²) >= 11 is 7.74. The standard InChI is InChI=1S/C18H20ClN3O2S/c1-10-13-9-12(19)5-6-14(13)20-15(10)16(23)21-22-17(24)11(2)25-18(22)7-3-4-8-18/h5-6,9,11,20H,3-4,7-8H2,1-2H3,(H,21,23). The van der Waals surface area contributed by atoms with E-state index >= 15 is 0 Å². The first-order valence-electron chi connectivity index (χ1n) is 8.52. The summed E-state index contributed by atoms with van der Waals surface area (Å²) in [6, 6.07) is 5.49. The number of fused-ring (bicyclic) bond motifs is 1. The molecule has 1 aliphatic carbocycles. The Kier molecular flexibility index (Phi) is 4.00. The largest absolute Gasteiger partial charge is 0.350 e. The Morgan fingerprint density at radius 2 is 2.12 bits per heavy atom. The monoisotopic (exact) mass is 377 g/mol. The minimum atomic E-state index is -0.282. The van der Waals surface area contributed by atoms with Crippen molar-refractivity contribution in [1.82, 2.24) is 15.4 Å². The van der Waals surface area contributed by atoms with Gasteiger partial charge in [0.05, 0.1) is 5.25 Å². The van der Waals surface area contributed by atoms with Crippen LogP contribution < -0.4 is 5.43 Å². The first-order valence-corrected chi connectivity index (χ1v) is 9.78. The topological polar surface area (TPSA) is 65.2 Å². The molecule has 1 atom stereocenters. The van der Waals surface area contributed by atoms with E-state index in [0.717, 1.165) is 42.1 Å². The van der Waals surface area contributed by atoms with Gasteiger partial charge in [-0.3, -0.25) is 15.0 Å². The van der Waals surface area contributed by atoms with E-state index in [1.807, 2.05) is 26.0 Å². The number of rotatable bonds is 2. The van der Waals surface area contributed by atoms with E-state index in [2.05, 4.69) is 10.4 Å². The summed E-state index contributed by atoms with van der Waals surface area (Å²) in [5, 5.41) is 3.02. The van der Waals surface area contributed by atoms with Crippen LogP contribution in [0.25, 0.3) is 10.9 Å². The van der Waals surface area contributed by atoms with E-state index in [-0.39, 0.29) is 21.9 Å². The second kappa shape index (κ2) is 5.95. The van der Waals surface area contributed by atoms with Gasteiger partial charge in [-0.1, -0.05) is 24.4 Å². The number of thioether (sulfide) groups is 1. The van der Waals surface area contributed by atoms with Gasteiger partial charge in [-0.05, 0) is 50.5 Å². The molecule has 0 bridgehead atoms. The van der Waals surface area contributed by atoms with Gasteiger partial charge in [-0.2, -0.15) is 0 Å². The molecule has 25 heavy (non-hydrogen) atoms. The second-order valence-corrected chi connectivity index (χ2v) is 8.98. The molecular weight excluding hydrogens is 358 g/mol. The van der Waals surface area contributed by atoms with Crippen LogP contribution in [-0.4, -0.2) is 31.9 Å². The van der Waals surface area contributed by atoms with Crippen LogP contribution in [0.4, 0.5) is 0 Å². The molecule has 1 saturated carbocycles. The second-order valence-electron chi connectivity index (χ2n) is 6.84. The first kappa shape index (κ1) is 16.8. The number of hydrogen-bond donors (Lipinski definition) is 2. The van der Waals surface area contributed by atoms with Crippen molar-refractivity contribution in [3.8, 4) is 0 Å². The zero-order chi connectivity index (χ0) is 17.8. The highest BCUT2D eigenvalue weighted by atomic mass is 35.5. The summed E-state index contributed by atoms with van der Waals surface area (Å²) < 4.78 is 0. The summed E-state index contributed by atoms with van der Waals surface area (Å²) in [5.41, 5.74) is 5.05. The van der Waals surface area contributed by atoms with Crippen molar-refractivity contribution in [2.24, 2.45) is 0 Å². The zero-order valence-electron chi connectivity index (χ0n) is 14.2. The van der Waals surface area contributed by atoms with E-state index in [4.69, 9.17) is 11.6 Å².